The van der Waals surface area contributed by atoms with Crippen molar-refractivity contribution in [2.24, 2.45) is 0 Å². The van der Waals surface area contributed by atoms with Crippen LogP contribution in [0.4, 0.5) is 13.2 Å². The average Bonchev–Trinajstić information content (AvgIpc) is 2.43. The van der Waals surface area contributed by atoms with Gasteiger partial charge in [0.25, 0.3) is 0 Å². The molecular weight excluding hydrogens is 385 g/mol. The summed E-state index contributed by atoms with van der Waals surface area (Å²) in [5.74, 6) is -0.509. The zero-order valence-electron chi connectivity index (χ0n) is 11.3. The topological polar surface area (TPSA) is 26.3 Å². The minimum atomic E-state index is -3.17. The molecule has 1 aromatic rings. The van der Waals surface area contributed by atoms with Crippen LogP contribution in [0.2, 0.25) is 0 Å². The zero-order valence-corrected chi connectivity index (χ0v) is 13.7. The van der Waals surface area contributed by atoms with Gasteiger partial charge in [0.2, 0.25) is 0 Å². The molecule has 0 radical (unpaired) electrons. The Hall–Kier alpha value is -1.27. The third-order valence-corrected chi connectivity index (χ3v) is 4.20. The molecule has 1 aromatic carbocycles. The Morgan fingerprint density at radius 2 is 2.14 bits per heavy atom. The highest BCUT2D eigenvalue weighted by Gasteiger charge is 2.44. The Morgan fingerprint density at radius 3 is 2.68 bits per heavy atom. The van der Waals surface area contributed by atoms with Crippen LogP contribution in [-0.4, -0.2) is 23.9 Å². The van der Waals surface area contributed by atoms with Crippen molar-refractivity contribution in [1.29, 1.82) is 0 Å². The first kappa shape index (κ1) is 17.1. The van der Waals surface area contributed by atoms with Crippen LogP contribution in [0.3, 0.4) is 0 Å². The molecule has 0 saturated carbocycles. The van der Waals surface area contributed by atoms with Gasteiger partial charge in [0.15, 0.2) is 12.5 Å². The number of carbonyl (C=O) groups is 1. The van der Waals surface area contributed by atoms with Crippen molar-refractivity contribution in [2.45, 2.75) is 24.6 Å². The quantitative estimate of drug-likeness (QED) is 0.537. The molecule has 0 N–H and O–H groups in total. The summed E-state index contributed by atoms with van der Waals surface area (Å²) >= 11 is 9.53. The van der Waals surface area contributed by atoms with Crippen LogP contribution in [0.25, 0.3) is 5.57 Å². The van der Waals surface area contributed by atoms with Gasteiger partial charge in [-0.2, -0.15) is 8.78 Å². The van der Waals surface area contributed by atoms with Gasteiger partial charge >= 0.3 is 6.61 Å². The lowest BCUT2D eigenvalue weighted by Gasteiger charge is -2.34. The second-order valence-electron chi connectivity index (χ2n) is 4.82. The van der Waals surface area contributed by atoms with Crippen molar-refractivity contribution in [2.75, 3.05) is 0 Å². The Balaban J connectivity index is 2.61. The highest BCUT2D eigenvalue weighted by Crippen LogP contribution is 2.45. The van der Waals surface area contributed by atoms with Crippen LogP contribution in [-0.2, 0) is 9.53 Å². The molecule has 0 heterocycles. The van der Waals surface area contributed by atoms with Crippen molar-refractivity contribution < 1.29 is 22.7 Å². The zero-order chi connectivity index (χ0) is 16.5. The van der Waals surface area contributed by atoms with Crippen molar-refractivity contribution in [3.8, 4) is 0 Å². The molecule has 0 bridgehead atoms. The summed E-state index contributed by atoms with van der Waals surface area (Å²) in [6, 6.07) is 6.79. The maximum absolute atomic E-state index is 14.6. The average molecular weight is 396 g/mol. The van der Waals surface area contributed by atoms with Gasteiger partial charge in [-0.05, 0) is 36.3 Å². The largest absolute Gasteiger partial charge is 0.434 e. The Kier molecular flexibility index (Phi) is 5.02. The van der Waals surface area contributed by atoms with Crippen LogP contribution in [0.15, 0.2) is 46.1 Å². The summed E-state index contributed by atoms with van der Waals surface area (Å²) in [4.78, 5) is 9.45. The van der Waals surface area contributed by atoms with Crippen LogP contribution in [0.1, 0.15) is 12.5 Å². The third-order valence-electron chi connectivity index (χ3n) is 3.31. The van der Waals surface area contributed by atoms with E-state index in [1.165, 1.54) is 13.0 Å². The fraction of sp³-hybridized carbons (Fsp3) is 0.267. The van der Waals surface area contributed by atoms with E-state index in [1.54, 1.807) is 24.3 Å². The Labute approximate surface area is 138 Å². The fourth-order valence-electron chi connectivity index (χ4n) is 2.25. The number of aldehydes is 1. The van der Waals surface area contributed by atoms with Gasteiger partial charge in [-0.1, -0.05) is 28.1 Å². The summed E-state index contributed by atoms with van der Waals surface area (Å²) < 4.78 is 44.5. The van der Waals surface area contributed by atoms with Gasteiger partial charge in [-0.25, -0.2) is 4.39 Å². The highest BCUT2D eigenvalue weighted by atomic mass is 79.9. The van der Waals surface area contributed by atoms with Gasteiger partial charge in [-0.3, -0.25) is 4.79 Å². The summed E-state index contributed by atoms with van der Waals surface area (Å²) in [6.45, 7) is -1.79. The molecule has 118 valence electrons. The molecule has 0 saturated heterocycles. The molecule has 1 aliphatic rings. The van der Waals surface area contributed by atoms with Crippen molar-refractivity contribution in [1.82, 2.24) is 0 Å². The van der Waals surface area contributed by atoms with Gasteiger partial charge in [0.05, 0.1) is 5.57 Å². The number of halogens is 5. The van der Waals surface area contributed by atoms with Gasteiger partial charge < -0.3 is 4.74 Å². The number of carbonyl (C=O) groups excluding carboxylic acids is 1. The van der Waals surface area contributed by atoms with Gasteiger partial charge in [0, 0.05) is 4.47 Å². The van der Waals surface area contributed by atoms with E-state index in [-0.39, 0.29) is 11.9 Å². The Morgan fingerprint density at radius 1 is 1.45 bits per heavy atom. The highest BCUT2D eigenvalue weighted by molar-refractivity contribution is 9.10. The summed E-state index contributed by atoms with van der Waals surface area (Å²) in [7, 11) is 0. The van der Waals surface area contributed by atoms with Gasteiger partial charge in [0.1, 0.15) is 10.6 Å². The molecule has 0 amide bonds. The van der Waals surface area contributed by atoms with Crippen molar-refractivity contribution in [3.05, 3.63) is 51.7 Å². The standard InChI is InChI=1S/C15H11BrClF3O2/c1-15(17)11(8-3-2-4-9(16)5-8)6-12(22-14(19)20)10(7-21)13(15)18/h2-7,13-14H,1H3. The lowest BCUT2D eigenvalue weighted by molar-refractivity contribution is -0.108. The molecule has 2 unspecified atom stereocenters. The van der Waals surface area contributed by atoms with E-state index in [2.05, 4.69) is 20.7 Å². The molecule has 0 aromatic heterocycles. The summed E-state index contributed by atoms with van der Waals surface area (Å²) in [5, 5.41) is 0. The molecule has 0 aliphatic heterocycles. The number of alkyl halides is 4. The number of allylic oxidation sites excluding steroid dienone is 3. The predicted molar refractivity (Wildman–Crippen MR) is 81.5 cm³/mol. The number of rotatable bonds is 4. The van der Waals surface area contributed by atoms with Crippen LogP contribution in [0, 0.1) is 0 Å². The molecule has 0 spiro atoms. The minimum Gasteiger partial charge on any atom is -0.434 e. The van der Waals surface area contributed by atoms with E-state index in [0.717, 1.165) is 4.47 Å². The van der Waals surface area contributed by atoms with E-state index in [9.17, 15) is 18.0 Å². The lowest BCUT2D eigenvalue weighted by atomic mass is 9.82. The molecule has 2 rings (SSSR count). The smallest absolute Gasteiger partial charge is 0.387 e. The molecule has 22 heavy (non-hydrogen) atoms. The second-order valence-corrected chi connectivity index (χ2v) is 6.52. The molecule has 7 heteroatoms. The molecule has 2 atom stereocenters. The SMILES string of the molecule is CC1(Cl)C(c2cccc(Br)c2)=CC(OC(F)F)=C(C=O)C1F. The Bertz CT molecular complexity index is 656. The molecular formula is C15H11BrClF3O2. The van der Waals surface area contributed by atoms with E-state index in [1.807, 2.05) is 0 Å². The van der Waals surface area contributed by atoms with Crippen LogP contribution >= 0.6 is 27.5 Å². The summed E-state index contributed by atoms with van der Waals surface area (Å²) in [6.07, 6.45) is -0.641. The first-order valence-corrected chi connectivity index (χ1v) is 7.39. The maximum atomic E-state index is 14.6. The number of ether oxygens (including phenoxy) is 1. The van der Waals surface area contributed by atoms with Crippen LogP contribution in [0.5, 0.6) is 0 Å². The second kappa shape index (κ2) is 6.46. The minimum absolute atomic E-state index is 0.150. The van der Waals surface area contributed by atoms with Gasteiger partial charge in [-0.15, -0.1) is 11.6 Å². The molecule has 0 fully saturated rings. The van der Waals surface area contributed by atoms with Crippen LogP contribution < -0.4 is 0 Å². The first-order valence-electron chi connectivity index (χ1n) is 6.22. The van der Waals surface area contributed by atoms with E-state index < -0.39 is 29.0 Å². The number of hydrogen-bond acceptors (Lipinski definition) is 2. The van der Waals surface area contributed by atoms with Crippen molar-refractivity contribution in [3.63, 3.8) is 0 Å². The maximum Gasteiger partial charge on any atom is 0.387 e. The molecule has 2 nitrogen and oxygen atoms in total. The van der Waals surface area contributed by atoms with Crippen molar-refractivity contribution >= 4 is 39.4 Å². The lowest BCUT2D eigenvalue weighted by Crippen LogP contribution is -2.37. The van der Waals surface area contributed by atoms with E-state index >= 15 is 0 Å². The monoisotopic (exact) mass is 394 g/mol. The first-order chi connectivity index (χ1) is 10.3. The van der Waals surface area contributed by atoms with E-state index in [4.69, 9.17) is 11.6 Å². The summed E-state index contributed by atoms with van der Waals surface area (Å²) in [5.41, 5.74) is 0.260. The van der Waals surface area contributed by atoms with E-state index in [0.29, 0.717) is 5.56 Å². The predicted octanol–water partition coefficient (Wildman–Crippen LogP) is 4.87. The third kappa shape index (κ3) is 3.22. The normalized spacial score (nSPS) is 25.2. The fourth-order valence-corrected chi connectivity index (χ4v) is 2.93. The number of hydrogen-bond donors (Lipinski definition) is 0. The number of benzene rings is 1. The molecule has 1 aliphatic carbocycles.